The molecule has 0 saturated heterocycles. The highest BCUT2D eigenvalue weighted by Gasteiger charge is 2.10. The van der Waals surface area contributed by atoms with E-state index in [1.54, 1.807) is 43.3 Å². The molecule has 0 fully saturated rings. The second-order valence-electron chi connectivity index (χ2n) is 6.35. The normalized spacial score (nSPS) is 12.1. The number of nitrogens with one attached hydrogen (secondary N) is 3. The molecule has 0 atom stereocenters. The van der Waals surface area contributed by atoms with Crippen molar-refractivity contribution in [3.8, 4) is 0 Å². The Morgan fingerprint density at radius 2 is 1.72 bits per heavy atom. The summed E-state index contributed by atoms with van der Waals surface area (Å²) in [7, 11) is -7.12. The lowest BCUT2D eigenvalue weighted by Gasteiger charge is -2.11. The van der Waals surface area contributed by atoms with Gasteiger partial charge in [-0.3, -0.25) is 9.52 Å². The molecule has 0 radical (unpaired) electrons. The molecule has 0 saturated carbocycles. The minimum absolute atomic E-state index is 0.0758. The Labute approximate surface area is 171 Å². The number of benzene rings is 2. The van der Waals surface area contributed by atoms with Gasteiger partial charge in [0.2, 0.25) is 26.0 Å². The summed E-state index contributed by atoms with van der Waals surface area (Å²) in [5, 5.41) is 3.66. The monoisotopic (exact) mass is 437 g/mol. The number of carbonyl (C=O) groups excluding carboxylic acids is 1. The molecule has 0 aliphatic rings. The minimum Gasteiger partial charge on any atom is -0.326 e. The molecule has 2 rings (SSSR count). The van der Waals surface area contributed by atoms with E-state index >= 15 is 0 Å². The van der Waals surface area contributed by atoms with Gasteiger partial charge in [0.25, 0.3) is 0 Å². The maximum absolute atomic E-state index is 12.1. The summed E-state index contributed by atoms with van der Waals surface area (Å²) in [4.78, 5) is 12.1. The predicted molar refractivity (Wildman–Crippen MR) is 115 cm³/mol. The van der Waals surface area contributed by atoms with Crippen molar-refractivity contribution in [1.82, 2.24) is 4.72 Å². The first kappa shape index (κ1) is 22.6. The molecule has 0 bridgehead atoms. The van der Waals surface area contributed by atoms with Crippen molar-refractivity contribution in [2.45, 2.75) is 13.3 Å². The van der Waals surface area contributed by atoms with Gasteiger partial charge < -0.3 is 5.32 Å². The van der Waals surface area contributed by atoms with Crippen LogP contribution in [-0.2, 0) is 24.8 Å². The first-order valence-electron chi connectivity index (χ1n) is 8.65. The van der Waals surface area contributed by atoms with Crippen LogP contribution in [0, 0.1) is 6.92 Å². The molecule has 0 aromatic heterocycles. The van der Waals surface area contributed by atoms with Crippen LogP contribution in [0.15, 0.2) is 53.9 Å². The van der Waals surface area contributed by atoms with Crippen molar-refractivity contribution in [3.05, 3.63) is 65.1 Å². The summed E-state index contributed by atoms with van der Waals surface area (Å²) >= 11 is 0. The molecule has 29 heavy (non-hydrogen) atoms. The van der Waals surface area contributed by atoms with Crippen LogP contribution in [0.4, 0.5) is 11.4 Å². The molecule has 0 unspecified atom stereocenters. The van der Waals surface area contributed by atoms with Crippen LogP contribution >= 0.6 is 0 Å². The number of aryl methyl sites for hydroxylation is 1. The third kappa shape index (κ3) is 8.46. The van der Waals surface area contributed by atoms with Gasteiger partial charge in [0.05, 0.1) is 11.9 Å². The van der Waals surface area contributed by atoms with E-state index in [0.29, 0.717) is 16.9 Å². The summed E-state index contributed by atoms with van der Waals surface area (Å²) < 4.78 is 51.4. The Morgan fingerprint density at radius 1 is 1.03 bits per heavy atom. The maximum Gasteiger partial charge on any atom is 0.233 e. The van der Waals surface area contributed by atoms with Crippen molar-refractivity contribution in [2.75, 3.05) is 22.8 Å². The van der Waals surface area contributed by atoms with Crippen LogP contribution in [0.25, 0.3) is 6.08 Å². The maximum atomic E-state index is 12.1. The van der Waals surface area contributed by atoms with Gasteiger partial charge in [-0.2, -0.15) is 0 Å². The topological polar surface area (TPSA) is 121 Å². The van der Waals surface area contributed by atoms with Crippen LogP contribution in [0.3, 0.4) is 0 Å². The third-order valence-corrected chi connectivity index (χ3v) is 5.40. The zero-order valence-corrected chi connectivity index (χ0v) is 17.7. The number of sulfonamides is 2. The van der Waals surface area contributed by atoms with Crippen LogP contribution in [0.2, 0.25) is 0 Å². The molecule has 2 aromatic rings. The molecule has 2 aromatic carbocycles. The molecule has 0 spiro atoms. The highest BCUT2D eigenvalue weighted by Crippen LogP contribution is 2.21. The van der Waals surface area contributed by atoms with E-state index in [-0.39, 0.29) is 13.0 Å². The number of rotatable bonds is 9. The van der Waals surface area contributed by atoms with Gasteiger partial charge in [0.1, 0.15) is 0 Å². The van der Waals surface area contributed by atoms with E-state index in [1.165, 1.54) is 12.1 Å². The molecule has 1 amide bonds. The number of hydrogen-bond donors (Lipinski definition) is 3. The molecule has 0 heterocycles. The summed E-state index contributed by atoms with van der Waals surface area (Å²) in [6, 6.07) is 13.8. The van der Waals surface area contributed by atoms with Gasteiger partial charge in [-0.1, -0.05) is 36.4 Å². The Morgan fingerprint density at radius 3 is 2.38 bits per heavy atom. The first-order valence-corrected chi connectivity index (χ1v) is 12.1. The van der Waals surface area contributed by atoms with Crippen molar-refractivity contribution in [1.29, 1.82) is 0 Å². The van der Waals surface area contributed by atoms with Crippen LogP contribution in [0.5, 0.6) is 0 Å². The van der Waals surface area contributed by atoms with E-state index in [9.17, 15) is 21.6 Å². The smallest absolute Gasteiger partial charge is 0.233 e. The summed E-state index contributed by atoms with van der Waals surface area (Å²) in [5.41, 5.74) is 2.20. The third-order valence-electron chi connectivity index (χ3n) is 3.71. The quantitative estimate of drug-likeness (QED) is 0.556. The number of anilines is 2. The highest BCUT2D eigenvalue weighted by atomic mass is 32.2. The minimum atomic E-state index is -3.67. The second kappa shape index (κ2) is 9.68. The first-order chi connectivity index (χ1) is 13.5. The van der Waals surface area contributed by atoms with Gasteiger partial charge >= 0.3 is 0 Å². The number of carbonyl (C=O) groups is 1. The largest absolute Gasteiger partial charge is 0.326 e. The van der Waals surface area contributed by atoms with Crippen LogP contribution < -0.4 is 14.8 Å². The summed E-state index contributed by atoms with van der Waals surface area (Å²) in [5.74, 6) is -0.408. The highest BCUT2D eigenvalue weighted by molar-refractivity contribution is 7.92. The van der Waals surface area contributed by atoms with E-state index in [0.717, 1.165) is 17.2 Å². The fraction of sp³-hybridized carbons (Fsp3) is 0.211. The van der Waals surface area contributed by atoms with Gasteiger partial charge in [-0.25, -0.2) is 21.6 Å². The second-order valence-corrected chi connectivity index (χ2v) is 9.75. The number of amides is 1. The van der Waals surface area contributed by atoms with Gasteiger partial charge in [0, 0.05) is 24.1 Å². The van der Waals surface area contributed by atoms with E-state index in [2.05, 4.69) is 14.8 Å². The van der Waals surface area contributed by atoms with Gasteiger partial charge in [-0.05, 0) is 36.3 Å². The molecule has 0 aliphatic carbocycles. The zero-order chi connectivity index (χ0) is 21.5. The van der Waals surface area contributed by atoms with Gasteiger partial charge in [-0.15, -0.1) is 0 Å². The van der Waals surface area contributed by atoms with E-state index in [4.69, 9.17) is 0 Å². The van der Waals surface area contributed by atoms with Crippen molar-refractivity contribution in [2.24, 2.45) is 0 Å². The molecule has 10 heteroatoms. The van der Waals surface area contributed by atoms with E-state index in [1.807, 2.05) is 6.07 Å². The molecular formula is C19H23N3O5S2. The Bertz CT molecular complexity index is 1100. The Kier molecular flexibility index (Phi) is 7.54. The van der Waals surface area contributed by atoms with Crippen LogP contribution in [-0.4, -0.2) is 35.5 Å². The van der Waals surface area contributed by atoms with E-state index < -0.39 is 26.0 Å². The molecule has 3 N–H and O–H groups in total. The average Bonchev–Trinajstić information content (AvgIpc) is 2.62. The average molecular weight is 438 g/mol. The number of hydrogen-bond acceptors (Lipinski definition) is 5. The van der Waals surface area contributed by atoms with Crippen molar-refractivity contribution in [3.63, 3.8) is 0 Å². The van der Waals surface area contributed by atoms with Crippen LogP contribution in [0.1, 0.15) is 17.5 Å². The lowest BCUT2D eigenvalue weighted by atomic mass is 10.2. The molecule has 156 valence electrons. The van der Waals surface area contributed by atoms with Crippen molar-refractivity contribution < 1.29 is 21.6 Å². The Hall–Kier alpha value is -2.69. The lowest BCUT2D eigenvalue weighted by molar-refractivity contribution is -0.116. The summed E-state index contributed by atoms with van der Waals surface area (Å²) in [6.07, 6.45) is 2.42. The lowest BCUT2D eigenvalue weighted by Crippen LogP contribution is -2.26. The molecule has 0 aliphatic heterocycles. The SMILES string of the molecule is Cc1ccc(NC(=O)CCNS(=O)(=O)/C=C/c2ccccc2)cc1NS(C)(=O)=O. The van der Waals surface area contributed by atoms with Crippen molar-refractivity contribution >= 4 is 43.4 Å². The fourth-order valence-corrected chi connectivity index (χ4v) is 3.76. The Balaban J connectivity index is 1.88. The fourth-order valence-electron chi connectivity index (χ4n) is 2.32. The predicted octanol–water partition coefficient (Wildman–Crippen LogP) is 2.29. The molecule has 8 nitrogen and oxygen atoms in total. The van der Waals surface area contributed by atoms with Gasteiger partial charge in [0.15, 0.2) is 0 Å². The standard InChI is InChI=1S/C19H23N3O5S2/c1-15-8-9-17(14-18(15)22-28(2,24)25)21-19(23)10-12-20-29(26,27)13-11-16-6-4-3-5-7-16/h3-9,11,13-14,20,22H,10,12H2,1-2H3,(H,21,23)/b13-11+. The zero-order valence-electron chi connectivity index (χ0n) is 16.0. The summed E-state index contributed by atoms with van der Waals surface area (Å²) in [6.45, 7) is 1.66. The molecular weight excluding hydrogens is 414 g/mol.